The largest absolute Gasteiger partial charge is 0.272 e. The van der Waals surface area contributed by atoms with Gasteiger partial charge in [-0.05, 0) is 35.9 Å². The summed E-state index contributed by atoms with van der Waals surface area (Å²) in [5.74, 6) is 0.643. The van der Waals surface area contributed by atoms with E-state index in [0.717, 1.165) is 21.3 Å². The molecule has 0 saturated carbocycles. The summed E-state index contributed by atoms with van der Waals surface area (Å²) in [6, 6.07) is 27.6. The summed E-state index contributed by atoms with van der Waals surface area (Å²) in [5.41, 5.74) is 5.46. The normalized spacial score (nSPS) is 11.3. The Bertz CT molecular complexity index is 1260. The number of rotatable bonds is 8. The van der Waals surface area contributed by atoms with E-state index in [-0.39, 0.29) is 11.7 Å². The zero-order valence-electron chi connectivity index (χ0n) is 17.5. The number of nitrogens with zero attached hydrogens (tertiary/aromatic N) is 4. The van der Waals surface area contributed by atoms with Crippen LogP contribution >= 0.6 is 27.7 Å². The summed E-state index contributed by atoms with van der Waals surface area (Å²) in [5, 5.41) is 13.3. The Morgan fingerprint density at radius 3 is 2.39 bits per heavy atom. The van der Waals surface area contributed by atoms with Crippen LogP contribution in [0.5, 0.6) is 0 Å². The molecule has 4 rings (SSSR count). The smallest absolute Gasteiger partial charge is 0.250 e. The number of allylic oxidation sites excluding steroid dienone is 1. The van der Waals surface area contributed by atoms with E-state index in [1.54, 1.807) is 12.3 Å². The van der Waals surface area contributed by atoms with Crippen LogP contribution in [0.1, 0.15) is 5.56 Å². The molecule has 0 fully saturated rings. The van der Waals surface area contributed by atoms with E-state index in [4.69, 9.17) is 0 Å². The topological polar surface area (TPSA) is 72.2 Å². The summed E-state index contributed by atoms with van der Waals surface area (Å²) < 4.78 is 2.93. The number of aromatic nitrogens is 3. The molecule has 1 aromatic heterocycles. The van der Waals surface area contributed by atoms with Crippen molar-refractivity contribution in [1.82, 2.24) is 20.2 Å². The molecule has 33 heavy (non-hydrogen) atoms. The van der Waals surface area contributed by atoms with Crippen molar-refractivity contribution in [3.63, 3.8) is 0 Å². The Labute approximate surface area is 204 Å². The van der Waals surface area contributed by atoms with Gasteiger partial charge in [-0.1, -0.05) is 94.4 Å². The summed E-state index contributed by atoms with van der Waals surface area (Å²) >= 11 is 4.78. The first kappa shape index (κ1) is 22.7. The van der Waals surface area contributed by atoms with Crippen molar-refractivity contribution >= 4 is 45.9 Å². The SMILES string of the molecule is O=C(CSc1nnc(-c2ccccc2)n1-c1ccc(Br)cc1)NN=CC=Cc1ccccc1. The molecule has 0 bridgehead atoms. The van der Waals surface area contributed by atoms with Gasteiger partial charge in [0.25, 0.3) is 5.91 Å². The van der Waals surface area contributed by atoms with Crippen molar-refractivity contribution in [2.24, 2.45) is 5.10 Å². The van der Waals surface area contributed by atoms with Crippen molar-refractivity contribution < 1.29 is 4.79 Å². The van der Waals surface area contributed by atoms with Gasteiger partial charge in [0.1, 0.15) is 0 Å². The number of amides is 1. The number of benzene rings is 3. The molecular weight excluding hydrogens is 498 g/mol. The fourth-order valence-electron chi connectivity index (χ4n) is 2.99. The molecule has 1 amide bonds. The van der Waals surface area contributed by atoms with E-state index < -0.39 is 0 Å². The van der Waals surface area contributed by atoms with E-state index in [1.165, 1.54) is 11.8 Å². The molecule has 0 aliphatic rings. The lowest BCUT2D eigenvalue weighted by atomic mass is 10.2. The Kier molecular flexibility index (Phi) is 7.84. The molecule has 0 unspecified atom stereocenters. The van der Waals surface area contributed by atoms with Gasteiger partial charge in [-0.3, -0.25) is 9.36 Å². The predicted molar refractivity (Wildman–Crippen MR) is 137 cm³/mol. The summed E-state index contributed by atoms with van der Waals surface area (Å²) in [7, 11) is 0. The van der Waals surface area contributed by atoms with Crippen molar-refractivity contribution in [3.8, 4) is 17.1 Å². The van der Waals surface area contributed by atoms with Gasteiger partial charge < -0.3 is 0 Å². The molecule has 0 aliphatic carbocycles. The third-order valence-electron chi connectivity index (χ3n) is 4.52. The standard InChI is InChI=1S/C25H20BrN5OS/c26-21-13-15-22(16-14-21)31-24(20-11-5-2-6-12-20)29-30-25(31)33-18-23(32)28-27-17-7-10-19-8-3-1-4-9-19/h1-17H,18H2,(H,28,32). The molecule has 4 aromatic rings. The Balaban J connectivity index is 1.44. The van der Waals surface area contributed by atoms with Gasteiger partial charge >= 0.3 is 0 Å². The molecule has 3 aromatic carbocycles. The van der Waals surface area contributed by atoms with Crippen molar-refractivity contribution in [3.05, 3.63) is 101 Å². The number of hydrogen-bond acceptors (Lipinski definition) is 5. The maximum Gasteiger partial charge on any atom is 0.250 e. The minimum atomic E-state index is -0.226. The number of nitrogens with one attached hydrogen (secondary N) is 1. The lowest BCUT2D eigenvalue weighted by molar-refractivity contribution is -0.118. The van der Waals surface area contributed by atoms with E-state index >= 15 is 0 Å². The van der Waals surface area contributed by atoms with Crippen LogP contribution in [0.3, 0.4) is 0 Å². The number of halogens is 1. The van der Waals surface area contributed by atoms with Crippen molar-refractivity contribution in [2.45, 2.75) is 5.16 Å². The van der Waals surface area contributed by atoms with E-state index in [2.05, 4.69) is 36.7 Å². The molecule has 0 saturated heterocycles. The first-order valence-corrected chi connectivity index (χ1v) is 11.9. The van der Waals surface area contributed by atoms with Gasteiger partial charge in [-0.2, -0.15) is 5.10 Å². The van der Waals surface area contributed by atoms with Crippen molar-refractivity contribution in [1.29, 1.82) is 0 Å². The van der Waals surface area contributed by atoms with Gasteiger partial charge in [-0.15, -0.1) is 10.2 Å². The first-order valence-electron chi connectivity index (χ1n) is 10.1. The average molecular weight is 518 g/mol. The minimum absolute atomic E-state index is 0.156. The minimum Gasteiger partial charge on any atom is -0.272 e. The van der Waals surface area contributed by atoms with Crippen LogP contribution in [0.4, 0.5) is 0 Å². The highest BCUT2D eigenvalue weighted by Gasteiger charge is 2.17. The molecule has 1 N–H and O–H groups in total. The first-order chi connectivity index (χ1) is 16.2. The molecule has 1 heterocycles. The molecule has 0 atom stereocenters. The molecule has 6 nitrogen and oxygen atoms in total. The molecular formula is C25H20BrN5OS. The monoisotopic (exact) mass is 517 g/mol. The summed E-state index contributed by atoms with van der Waals surface area (Å²) in [6.07, 6.45) is 5.24. The second-order valence-corrected chi connectivity index (χ2v) is 8.71. The Morgan fingerprint density at radius 1 is 0.970 bits per heavy atom. The van der Waals surface area contributed by atoms with Crippen LogP contribution in [0, 0.1) is 0 Å². The van der Waals surface area contributed by atoms with Crippen LogP contribution in [-0.4, -0.2) is 32.6 Å². The second kappa shape index (κ2) is 11.4. The van der Waals surface area contributed by atoms with Crippen LogP contribution in [0.25, 0.3) is 23.2 Å². The zero-order valence-corrected chi connectivity index (χ0v) is 19.9. The van der Waals surface area contributed by atoms with Crippen LogP contribution in [0.2, 0.25) is 0 Å². The Hall–Kier alpha value is -3.49. The van der Waals surface area contributed by atoms with Gasteiger partial charge in [0.15, 0.2) is 11.0 Å². The fourth-order valence-corrected chi connectivity index (χ4v) is 4.00. The third-order valence-corrected chi connectivity index (χ3v) is 5.98. The average Bonchev–Trinajstić information content (AvgIpc) is 3.28. The predicted octanol–water partition coefficient (Wildman–Crippen LogP) is 5.60. The zero-order chi connectivity index (χ0) is 22.9. The van der Waals surface area contributed by atoms with Crippen LogP contribution in [-0.2, 0) is 4.79 Å². The molecule has 0 radical (unpaired) electrons. The van der Waals surface area contributed by atoms with Gasteiger partial charge in [0.05, 0.1) is 5.75 Å². The second-order valence-electron chi connectivity index (χ2n) is 6.86. The number of hydrazone groups is 1. The van der Waals surface area contributed by atoms with Crippen LogP contribution in [0.15, 0.2) is 106 Å². The lowest BCUT2D eigenvalue weighted by Crippen LogP contribution is -2.19. The lowest BCUT2D eigenvalue weighted by Gasteiger charge is -2.10. The van der Waals surface area contributed by atoms with E-state index in [9.17, 15) is 4.79 Å². The number of carbonyl (C=O) groups is 1. The summed E-state index contributed by atoms with van der Waals surface area (Å²) in [4.78, 5) is 12.3. The maximum absolute atomic E-state index is 12.3. The molecule has 8 heteroatoms. The highest BCUT2D eigenvalue weighted by molar-refractivity contribution is 9.10. The highest BCUT2D eigenvalue weighted by Crippen LogP contribution is 2.28. The van der Waals surface area contributed by atoms with Gasteiger partial charge in [0, 0.05) is 21.9 Å². The van der Waals surface area contributed by atoms with Gasteiger partial charge in [0.2, 0.25) is 0 Å². The quantitative estimate of drug-likeness (QED) is 0.187. The third kappa shape index (κ3) is 6.27. The maximum atomic E-state index is 12.3. The number of thioether (sulfide) groups is 1. The molecule has 164 valence electrons. The van der Waals surface area contributed by atoms with E-state index in [0.29, 0.717) is 11.0 Å². The van der Waals surface area contributed by atoms with Crippen molar-refractivity contribution in [2.75, 3.05) is 5.75 Å². The highest BCUT2D eigenvalue weighted by atomic mass is 79.9. The molecule has 0 spiro atoms. The van der Waals surface area contributed by atoms with Crippen LogP contribution < -0.4 is 5.43 Å². The summed E-state index contributed by atoms with van der Waals surface area (Å²) in [6.45, 7) is 0. The van der Waals surface area contributed by atoms with E-state index in [1.807, 2.05) is 95.6 Å². The number of carbonyl (C=O) groups excluding carboxylic acids is 1. The fraction of sp³-hybridized carbons (Fsp3) is 0.0400. The Morgan fingerprint density at radius 2 is 1.67 bits per heavy atom. The van der Waals surface area contributed by atoms with Gasteiger partial charge in [-0.25, -0.2) is 5.43 Å². The number of hydrogen-bond donors (Lipinski definition) is 1. The molecule has 0 aliphatic heterocycles.